The highest BCUT2D eigenvalue weighted by atomic mass is 32.1. The number of aromatic nitrogens is 3. The summed E-state index contributed by atoms with van der Waals surface area (Å²) < 4.78 is 14.4. The maximum atomic E-state index is 11.3. The second-order valence-corrected chi connectivity index (χ2v) is 8.16. The average Bonchev–Trinajstić information content (AvgIpc) is 3.13. The fourth-order valence-corrected chi connectivity index (χ4v) is 3.60. The Morgan fingerprint density at radius 2 is 2.16 bits per heavy atom. The number of ether oxygens (including phenoxy) is 2. The van der Waals surface area contributed by atoms with Crippen molar-refractivity contribution < 1.29 is 9.47 Å². The minimum atomic E-state index is -0.298. The van der Waals surface area contributed by atoms with E-state index < -0.39 is 0 Å². The first-order valence-corrected chi connectivity index (χ1v) is 8.98. The third-order valence-electron chi connectivity index (χ3n) is 4.15. The first-order valence-electron chi connectivity index (χ1n) is 8.16. The van der Waals surface area contributed by atoms with Crippen LogP contribution in [0.1, 0.15) is 26.3 Å². The zero-order valence-electron chi connectivity index (χ0n) is 14.4. The summed E-state index contributed by atoms with van der Waals surface area (Å²) in [5, 5.41) is 0.628. The summed E-state index contributed by atoms with van der Waals surface area (Å²) in [6.45, 7) is 7.56. The van der Waals surface area contributed by atoms with Crippen molar-refractivity contribution in [1.82, 2.24) is 14.5 Å². The highest BCUT2D eigenvalue weighted by molar-refractivity contribution is 7.20. The molecule has 1 atom stereocenters. The first-order chi connectivity index (χ1) is 11.9. The summed E-state index contributed by atoms with van der Waals surface area (Å²) in [7, 11) is 0. The fraction of sp³-hybridized carbons (Fsp3) is 0.389. The Hall–Kier alpha value is -2.41. The maximum absolute atomic E-state index is 11.3. The Kier molecular flexibility index (Phi) is 3.76. The van der Waals surface area contributed by atoms with Crippen LogP contribution in [-0.4, -0.2) is 27.2 Å². The van der Waals surface area contributed by atoms with Gasteiger partial charge >= 0.3 is 0 Å². The van der Waals surface area contributed by atoms with E-state index in [4.69, 9.17) is 9.47 Å². The fourth-order valence-electron chi connectivity index (χ4n) is 2.73. The lowest BCUT2D eigenvalue weighted by Gasteiger charge is -2.18. The number of fused-ring (bicyclic) bond motifs is 2. The van der Waals surface area contributed by atoms with Gasteiger partial charge in [-0.3, -0.25) is 9.36 Å². The second-order valence-electron chi connectivity index (χ2n) is 7.16. The van der Waals surface area contributed by atoms with Crippen molar-refractivity contribution >= 4 is 21.6 Å². The molecule has 0 amide bonds. The zero-order chi connectivity index (χ0) is 17.6. The lowest BCUT2D eigenvalue weighted by atomic mass is 9.87. The number of thiazole rings is 1. The molecule has 7 heteroatoms. The molecule has 0 saturated carbocycles. The molecule has 6 nitrogen and oxygen atoms in total. The zero-order valence-corrected chi connectivity index (χ0v) is 15.2. The van der Waals surface area contributed by atoms with Gasteiger partial charge in [-0.2, -0.15) is 4.98 Å². The molecule has 3 heterocycles. The second kappa shape index (κ2) is 5.84. The standard InChI is InChI=1S/C18H19N3O3S/c1-18(2,3)11-4-5-13-14(8-11)25-17(19-13)23-10-12-9-21-7-6-15(22)20-16(21)24-12/h4-8,12H,9-10H2,1-3H3/t12-/m0/s1. The topological polar surface area (TPSA) is 66.2 Å². The third-order valence-corrected chi connectivity index (χ3v) is 5.08. The van der Waals surface area contributed by atoms with E-state index in [-0.39, 0.29) is 17.1 Å². The van der Waals surface area contributed by atoms with Crippen LogP contribution in [0.3, 0.4) is 0 Å². The van der Waals surface area contributed by atoms with Crippen LogP contribution in [0.15, 0.2) is 35.3 Å². The Balaban J connectivity index is 1.46. The minimum absolute atomic E-state index is 0.104. The van der Waals surface area contributed by atoms with Crippen LogP contribution >= 0.6 is 11.3 Å². The van der Waals surface area contributed by atoms with Gasteiger partial charge in [0.2, 0.25) is 0 Å². The van der Waals surface area contributed by atoms with Crippen LogP contribution in [0.4, 0.5) is 0 Å². The van der Waals surface area contributed by atoms with Crippen LogP contribution in [0, 0.1) is 0 Å². The van der Waals surface area contributed by atoms with Crippen molar-refractivity contribution in [2.75, 3.05) is 6.61 Å². The van der Waals surface area contributed by atoms with Crippen molar-refractivity contribution in [3.05, 3.63) is 46.4 Å². The van der Waals surface area contributed by atoms with Crippen LogP contribution in [-0.2, 0) is 12.0 Å². The SMILES string of the molecule is CC(C)(C)c1ccc2nc(OC[C@@H]3Cn4ccc(=O)nc4O3)sc2c1. The summed E-state index contributed by atoms with van der Waals surface area (Å²) >= 11 is 1.54. The molecule has 25 heavy (non-hydrogen) atoms. The van der Waals surface area contributed by atoms with E-state index in [1.165, 1.54) is 23.0 Å². The Labute approximate surface area is 149 Å². The molecule has 0 unspecified atom stereocenters. The molecule has 1 aliphatic rings. The average molecular weight is 357 g/mol. The molecule has 0 spiro atoms. The molecule has 130 valence electrons. The van der Waals surface area contributed by atoms with E-state index in [1.807, 2.05) is 10.6 Å². The maximum Gasteiger partial charge on any atom is 0.300 e. The highest BCUT2D eigenvalue weighted by Gasteiger charge is 2.24. The molecule has 2 aromatic heterocycles. The molecule has 0 saturated heterocycles. The number of hydrogen-bond acceptors (Lipinski definition) is 6. The molecule has 3 aromatic rings. The van der Waals surface area contributed by atoms with E-state index in [1.54, 1.807) is 6.20 Å². The summed E-state index contributed by atoms with van der Waals surface area (Å²) in [6.07, 6.45) is 1.52. The molecular formula is C18H19N3O3S. The lowest BCUT2D eigenvalue weighted by molar-refractivity contribution is 0.143. The molecule has 1 aliphatic heterocycles. The quantitative estimate of drug-likeness (QED) is 0.721. The predicted molar refractivity (Wildman–Crippen MR) is 96.7 cm³/mol. The number of benzene rings is 1. The number of hydrogen-bond donors (Lipinski definition) is 0. The van der Waals surface area contributed by atoms with Gasteiger partial charge in [-0.1, -0.05) is 38.2 Å². The van der Waals surface area contributed by atoms with E-state index in [0.717, 1.165) is 10.2 Å². The van der Waals surface area contributed by atoms with Crippen LogP contribution < -0.4 is 15.0 Å². The monoisotopic (exact) mass is 357 g/mol. The van der Waals surface area contributed by atoms with E-state index >= 15 is 0 Å². The van der Waals surface area contributed by atoms with Gasteiger partial charge in [0, 0.05) is 12.3 Å². The first kappa shape index (κ1) is 16.1. The molecule has 4 rings (SSSR count). The van der Waals surface area contributed by atoms with Crippen molar-refractivity contribution in [3.8, 4) is 11.2 Å². The van der Waals surface area contributed by atoms with Gasteiger partial charge in [0.15, 0.2) is 6.10 Å². The Morgan fingerprint density at radius 1 is 1.32 bits per heavy atom. The van der Waals surface area contributed by atoms with Gasteiger partial charge in [-0.25, -0.2) is 4.98 Å². The van der Waals surface area contributed by atoms with Gasteiger partial charge in [0.25, 0.3) is 16.8 Å². The Bertz CT molecular complexity index is 987. The normalized spacial score (nSPS) is 16.7. The van der Waals surface area contributed by atoms with Gasteiger partial charge < -0.3 is 9.47 Å². The number of nitrogens with zero attached hydrogens (tertiary/aromatic N) is 3. The van der Waals surface area contributed by atoms with Crippen molar-refractivity contribution in [2.24, 2.45) is 0 Å². The molecule has 0 radical (unpaired) electrons. The Morgan fingerprint density at radius 3 is 2.96 bits per heavy atom. The highest BCUT2D eigenvalue weighted by Crippen LogP contribution is 2.32. The van der Waals surface area contributed by atoms with Gasteiger partial charge in [0.05, 0.1) is 16.8 Å². The van der Waals surface area contributed by atoms with Gasteiger partial charge in [-0.15, -0.1) is 0 Å². The summed E-state index contributed by atoms with van der Waals surface area (Å²) in [5.74, 6) is 0. The van der Waals surface area contributed by atoms with E-state index in [2.05, 4.69) is 42.9 Å². The van der Waals surface area contributed by atoms with Crippen molar-refractivity contribution in [3.63, 3.8) is 0 Å². The summed E-state index contributed by atoms with van der Waals surface area (Å²) in [4.78, 5) is 19.6. The smallest absolute Gasteiger partial charge is 0.300 e. The number of rotatable bonds is 3. The summed E-state index contributed by atoms with van der Waals surface area (Å²) in [6, 6.07) is 8.11. The van der Waals surface area contributed by atoms with Crippen LogP contribution in [0.2, 0.25) is 0 Å². The summed E-state index contributed by atoms with van der Waals surface area (Å²) in [5.41, 5.74) is 2.03. The van der Waals surface area contributed by atoms with Gasteiger partial charge in [0.1, 0.15) is 6.61 Å². The lowest BCUT2D eigenvalue weighted by Crippen LogP contribution is -2.23. The largest absolute Gasteiger partial charge is 0.466 e. The van der Waals surface area contributed by atoms with E-state index in [9.17, 15) is 4.79 Å². The van der Waals surface area contributed by atoms with Crippen molar-refractivity contribution in [2.45, 2.75) is 38.8 Å². The van der Waals surface area contributed by atoms with Crippen molar-refractivity contribution in [1.29, 1.82) is 0 Å². The molecule has 1 aromatic carbocycles. The molecule has 0 aliphatic carbocycles. The van der Waals surface area contributed by atoms with Gasteiger partial charge in [-0.05, 0) is 23.1 Å². The van der Waals surface area contributed by atoms with Crippen LogP contribution in [0.25, 0.3) is 10.2 Å². The van der Waals surface area contributed by atoms with Crippen LogP contribution in [0.5, 0.6) is 11.2 Å². The predicted octanol–water partition coefficient (Wildman–Crippen LogP) is 2.99. The molecule has 0 N–H and O–H groups in total. The van der Waals surface area contributed by atoms with E-state index in [0.29, 0.717) is 24.4 Å². The molecular weight excluding hydrogens is 338 g/mol. The molecule has 0 bridgehead atoms. The minimum Gasteiger partial charge on any atom is -0.466 e. The third kappa shape index (κ3) is 3.24. The molecule has 0 fully saturated rings.